The highest BCUT2D eigenvalue weighted by Gasteiger charge is 2.43. The van der Waals surface area contributed by atoms with Crippen LogP contribution in [0.2, 0.25) is 0 Å². The molecule has 1 saturated carbocycles. The molecule has 0 aliphatic heterocycles. The maximum Gasteiger partial charge on any atom is 0.337 e. The van der Waals surface area contributed by atoms with E-state index in [1.54, 1.807) is 0 Å². The number of ether oxygens (including phenoxy) is 1. The molecule has 0 radical (unpaired) electrons. The molecule has 0 bridgehead atoms. The fraction of sp³-hybridized carbons (Fsp3) is 0.278. The van der Waals surface area contributed by atoms with Crippen LogP contribution in [-0.2, 0) is 21.3 Å². The number of esters is 1. The molecule has 29 heavy (non-hydrogen) atoms. The van der Waals surface area contributed by atoms with E-state index >= 15 is 0 Å². The summed E-state index contributed by atoms with van der Waals surface area (Å²) < 4.78 is 99.3. The number of benzene rings is 2. The number of hydrogen-bond donors (Lipinski definition) is 0. The Morgan fingerprint density at radius 3 is 1.90 bits per heavy atom. The number of carbonyl (C=O) groups is 1. The lowest BCUT2D eigenvalue weighted by Gasteiger charge is -2.23. The van der Waals surface area contributed by atoms with Gasteiger partial charge < -0.3 is 4.74 Å². The second kappa shape index (κ2) is 7.71. The van der Waals surface area contributed by atoms with Gasteiger partial charge in [-0.2, -0.15) is 4.31 Å². The van der Waals surface area contributed by atoms with Crippen LogP contribution in [0.25, 0.3) is 0 Å². The first-order chi connectivity index (χ1) is 13.6. The summed E-state index contributed by atoms with van der Waals surface area (Å²) >= 11 is 0. The van der Waals surface area contributed by atoms with Gasteiger partial charge in [-0.3, -0.25) is 0 Å². The van der Waals surface area contributed by atoms with Crippen molar-refractivity contribution in [2.75, 3.05) is 7.11 Å². The van der Waals surface area contributed by atoms with Crippen LogP contribution in [0.15, 0.2) is 29.2 Å². The highest BCUT2D eigenvalue weighted by atomic mass is 32.2. The number of halogens is 5. The first-order valence-corrected chi connectivity index (χ1v) is 9.74. The molecule has 1 fully saturated rings. The van der Waals surface area contributed by atoms with Gasteiger partial charge in [0.15, 0.2) is 28.2 Å². The van der Waals surface area contributed by atoms with Gasteiger partial charge in [-0.05, 0) is 30.5 Å². The van der Waals surface area contributed by atoms with Gasteiger partial charge in [0.25, 0.3) is 0 Å². The Bertz CT molecular complexity index is 1040. The summed E-state index contributed by atoms with van der Waals surface area (Å²) in [6.07, 6.45) is 0.740. The van der Waals surface area contributed by atoms with Gasteiger partial charge in [-0.1, -0.05) is 12.1 Å². The molecule has 0 N–H and O–H groups in total. The van der Waals surface area contributed by atoms with Crippen LogP contribution in [0, 0.1) is 29.1 Å². The van der Waals surface area contributed by atoms with Gasteiger partial charge in [0, 0.05) is 12.6 Å². The van der Waals surface area contributed by atoms with Gasteiger partial charge in [-0.15, -0.1) is 0 Å². The highest BCUT2D eigenvalue weighted by molar-refractivity contribution is 7.89. The summed E-state index contributed by atoms with van der Waals surface area (Å²) in [6.45, 7) is -0.381. The van der Waals surface area contributed by atoms with Crippen molar-refractivity contribution in [2.24, 2.45) is 0 Å². The van der Waals surface area contributed by atoms with E-state index in [9.17, 15) is 35.2 Å². The van der Waals surface area contributed by atoms with E-state index < -0.39 is 56.0 Å². The summed E-state index contributed by atoms with van der Waals surface area (Å²) in [5.74, 6) is -12.5. The Morgan fingerprint density at radius 1 is 0.966 bits per heavy atom. The SMILES string of the molecule is COC(=O)c1ccc(CN(C2CC2)S(=O)(=O)c2c(F)c(F)c(F)c(F)c2F)cc1. The van der Waals surface area contributed by atoms with Crippen molar-refractivity contribution >= 4 is 16.0 Å². The number of methoxy groups -OCH3 is 1. The molecule has 0 amide bonds. The predicted octanol–water partition coefficient (Wildman–Crippen LogP) is 3.52. The quantitative estimate of drug-likeness (QED) is 0.302. The van der Waals surface area contributed by atoms with E-state index in [0.29, 0.717) is 22.7 Å². The zero-order valence-electron chi connectivity index (χ0n) is 14.9. The molecule has 0 spiro atoms. The van der Waals surface area contributed by atoms with Gasteiger partial charge in [0.1, 0.15) is 0 Å². The van der Waals surface area contributed by atoms with Crippen molar-refractivity contribution in [3.8, 4) is 0 Å². The third-order valence-electron chi connectivity index (χ3n) is 4.40. The van der Waals surface area contributed by atoms with Crippen molar-refractivity contribution in [2.45, 2.75) is 30.3 Å². The van der Waals surface area contributed by atoms with Gasteiger partial charge in [0.2, 0.25) is 15.8 Å². The fourth-order valence-corrected chi connectivity index (χ4v) is 4.53. The number of hydrogen-bond acceptors (Lipinski definition) is 4. The Balaban J connectivity index is 2.01. The molecule has 0 unspecified atom stereocenters. The normalized spacial score (nSPS) is 14.3. The summed E-state index contributed by atoms with van der Waals surface area (Å²) in [4.78, 5) is 9.58. The second-order valence-electron chi connectivity index (χ2n) is 6.37. The number of carbonyl (C=O) groups excluding carboxylic acids is 1. The highest BCUT2D eigenvalue weighted by Crippen LogP contribution is 2.36. The fourth-order valence-electron chi connectivity index (χ4n) is 2.75. The molecule has 0 saturated heterocycles. The largest absolute Gasteiger partial charge is 0.465 e. The molecule has 0 aromatic heterocycles. The van der Waals surface area contributed by atoms with Crippen LogP contribution >= 0.6 is 0 Å². The molecule has 11 heteroatoms. The topological polar surface area (TPSA) is 63.7 Å². The summed E-state index contributed by atoms with van der Waals surface area (Å²) in [7, 11) is -3.86. The molecular formula is C18H14F5NO4S. The Kier molecular flexibility index (Phi) is 5.63. The molecule has 0 atom stereocenters. The monoisotopic (exact) mass is 435 g/mol. The van der Waals surface area contributed by atoms with Crippen LogP contribution in [0.1, 0.15) is 28.8 Å². The third-order valence-corrected chi connectivity index (χ3v) is 6.32. The summed E-state index contributed by atoms with van der Waals surface area (Å²) in [5.41, 5.74) is 0.536. The lowest BCUT2D eigenvalue weighted by molar-refractivity contribution is 0.0600. The van der Waals surface area contributed by atoms with E-state index in [2.05, 4.69) is 4.74 Å². The van der Waals surface area contributed by atoms with Gasteiger partial charge in [0.05, 0.1) is 12.7 Å². The van der Waals surface area contributed by atoms with Crippen LogP contribution in [0.4, 0.5) is 22.0 Å². The van der Waals surface area contributed by atoms with Crippen molar-refractivity contribution in [1.82, 2.24) is 4.31 Å². The number of nitrogens with zero attached hydrogens (tertiary/aromatic N) is 1. The first kappa shape index (κ1) is 21.2. The number of rotatable bonds is 6. The minimum atomic E-state index is -5.05. The van der Waals surface area contributed by atoms with Gasteiger partial charge in [-0.25, -0.2) is 35.2 Å². The molecule has 156 valence electrons. The minimum Gasteiger partial charge on any atom is -0.465 e. The van der Waals surface area contributed by atoms with Crippen LogP contribution in [0.5, 0.6) is 0 Å². The van der Waals surface area contributed by atoms with Crippen LogP contribution < -0.4 is 0 Å². The molecule has 3 rings (SSSR count). The number of sulfonamides is 1. The first-order valence-electron chi connectivity index (χ1n) is 8.30. The van der Waals surface area contributed by atoms with E-state index in [1.165, 1.54) is 31.4 Å². The predicted molar refractivity (Wildman–Crippen MR) is 89.8 cm³/mol. The average Bonchev–Trinajstić information content (AvgIpc) is 3.53. The van der Waals surface area contributed by atoms with Crippen molar-refractivity contribution in [3.63, 3.8) is 0 Å². The van der Waals surface area contributed by atoms with Crippen LogP contribution in [0.3, 0.4) is 0 Å². The molecule has 1 aliphatic rings. The Hall–Kier alpha value is -2.53. The third kappa shape index (κ3) is 3.84. The van der Waals surface area contributed by atoms with Crippen molar-refractivity contribution in [3.05, 3.63) is 64.5 Å². The summed E-state index contributed by atoms with van der Waals surface area (Å²) in [6, 6.07) is 4.87. The van der Waals surface area contributed by atoms with E-state index in [0.717, 1.165) is 0 Å². The second-order valence-corrected chi connectivity index (χ2v) is 8.20. The van der Waals surface area contributed by atoms with Gasteiger partial charge >= 0.3 is 5.97 Å². The zero-order chi connectivity index (χ0) is 21.5. The molecule has 2 aromatic carbocycles. The zero-order valence-corrected chi connectivity index (χ0v) is 15.7. The van der Waals surface area contributed by atoms with Crippen molar-refractivity contribution in [1.29, 1.82) is 0 Å². The molecule has 1 aliphatic carbocycles. The lowest BCUT2D eigenvalue weighted by Crippen LogP contribution is -2.34. The van der Waals surface area contributed by atoms with E-state index in [-0.39, 0.29) is 12.1 Å². The average molecular weight is 435 g/mol. The molecule has 2 aromatic rings. The lowest BCUT2D eigenvalue weighted by atomic mass is 10.1. The van der Waals surface area contributed by atoms with E-state index in [4.69, 9.17) is 0 Å². The maximum absolute atomic E-state index is 14.1. The Morgan fingerprint density at radius 2 is 1.45 bits per heavy atom. The molecular weight excluding hydrogens is 421 g/mol. The maximum atomic E-state index is 14.1. The standard InChI is InChI=1S/C18H14F5NO4S/c1-28-18(25)10-4-2-9(3-5-10)8-24(11-6-7-11)29(26,27)17-15(22)13(20)12(19)14(21)16(17)23/h2-5,11H,6-8H2,1H3. The van der Waals surface area contributed by atoms with Crippen molar-refractivity contribution < 1.29 is 39.9 Å². The molecule has 0 heterocycles. The van der Waals surface area contributed by atoms with E-state index in [1.807, 2.05) is 0 Å². The summed E-state index contributed by atoms with van der Waals surface area (Å²) in [5, 5.41) is 0. The minimum absolute atomic E-state index is 0.192. The molecule has 5 nitrogen and oxygen atoms in total. The van der Waals surface area contributed by atoms with Crippen LogP contribution in [-0.4, -0.2) is 31.8 Å². The smallest absolute Gasteiger partial charge is 0.337 e. The Labute approximate surface area is 162 Å².